The van der Waals surface area contributed by atoms with Crippen LogP contribution in [0.15, 0.2) is 36.1 Å². The van der Waals surface area contributed by atoms with E-state index in [1.807, 2.05) is 0 Å². The number of hydrogen-bond donors (Lipinski definition) is 9. The van der Waals surface area contributed by atoms with Crippen LogP contribution in [0.5, 0.6) is 28.7 Å². The molecular formula is C31H36O18. The van der Waals surface area contributed by atoms with Gasteiger partial charge in [-0.05, 0) is 18.2 Å². The molecule has 0 bridgehead atoms. The Kier molecular flexibility index (Phi) is 10.7. The van der Waals surface area contributed by atoms with Crippen LogP contribution in [-0.2, 0) is 33.3 Å². The fourth-order valence-corrected chi connectivity index (χ4v) is 5.32. The summed E-state index contributed by atoms with van der Waals surface area (Å²) in [6, 6.07) is 5.95. The van der Waals surface area contributed by atoms with Gasteiger partial charge in [-0.25, -0.2) is 0 Å². The van der Waals surface area contributed by atoms with Crippen LogP contribution in [0.2, 0.25) is 0 Å². The highest BCUT2D eigenvalue weighted by Crippen LogP contribution is 2.46. The summed E-state index contributed by atoms with van der Waals surface area (Å²) in [6.07, 6.45) is -16.8. The first-order valence-corrected chi connectivity index (χ1v) is 14.9. The van der Waals surface area contributed by atoms with Crippen molar-refractivity contribution in [3.8, 4) is 28.7 Å². The number of benzene rings is 2. The van der Waals surface area contributed by atoms with Gasteiger partial charge in [0.05, 0.1) is 5.56 Å². The molecular weight excluding hydrogens is 660 g/mol. The number of esters is 2. The molecule has 0 aromatic heterocycles. The summed E-state index contributed by atoms with van der Waals surface area (Å²) in [5.41, 5.74) is 0.208. The highest BCUT2D eigenvalue weighted by molar-refractivity contribution is 5.70. The number of carbonyl (C=O) groups excluding carboxylic acids is 2. The predicted molar refractivity (Wildman–Crippen MR) is 158 cm³/mol. The molecule has 9 N–H and O–H groups in total. The van der Waals surface area contributed by atoms with Gasteiger partial charge in [-0.3, -0.25) is 9.59 Å². The van der Waals surface area contributed by atoms with Crippen molar-refractivity contribution >= 4 is 18.0 Å². The number of phenols is 3. The van der Waals surface area contributed by atoms with Gasteiger partial charge in [-0.1, -0.05) is 6.07 Å². The van der Waals surface area contributed by atoms with E-state index in [1.54, 1.807) is 0 Å². The van der Waals surface area contributed by atoms with Gasteiger partial charge in [-0.2, -0.15) is 0 Å². The first-order chi connectivity index (χ1) is 23.1. The summed E-state index contributed by atoms with van der Waals surface area (Å²) >= 11 is 0. The van der Waals surface area contributed by atoms with Gasteiger partial charge in [0, 0.05) is 31.5 Å². The minimum absolute atomic E-state index is 0.0299. The maximum Gasteiger partial charge on any atom is 0.302 e. The molecule has 3 aliphatic rings. The molecule has 49 heavy (non-hydrogen) atoms. The molecule has 18 nitrogen and oxygen atoms in total. The molecule has 2 fully saturated rings. The minimum Gasteiger partial charge on any atom is -0.508 e. The zero-order valence-electron chi connectivity index (χ0n) is 25.9. The maximum absolute atomic E-state index is 11.4. The van der Waals surface area contributed by atoms with Crippen LogP contribution in [0.1, 0.15) is 31.1 Å². The smallest absolute Gasteiger partial charge is 0.302 e. The van der Waals surface area contributed by atoms with E-state index >= 15 is 0 Å². The SMILES string of the molecule is CC(=O)OC[C@H]1O[C@@H](Oc2cc(O)cc3c2C=C(O[C@@H]2O[C@H](COC(C)=O)[C@@H](O)[C@@H](O)[C@H]2O)C(c2ccc(O)c(O)c2)O3)[C@@H](O)[C@@H](O)[C@@H]1O. The van der Waals surface area contributed by atoms with Crippen molar-refractivity contribution in [1.82, 2.24) is 0 Å². The second-order valence-corrected chi connectivity index (χ2v) is 11.5. The Morgan fingerprint density at radius 3 is 1.78 bits per heavy atom. The van der Waals surface area contributed by atoms with Crippen LogP contribution in [0.4, 0.5) is 0 Å². The zero-order chi connectivity index (χ0) is 35.7. The third kappa shape index (κ3) is 7.76. The quantitative estimate of drug-likeness (QED) is 0.106. The molecule has 0 amide bonds. The summed E-state index contributed by atoms with van der Waals surface area (Å²) in [5.74, 6) is -3.27. The summed E-state index contributed by atoms with van der Waals surface area (Å²) in [7, 11) is 0. The summed E-state index contributed by atoms with van der Waals surface area (Å²) < 4.78 is 39.0. The van der Waals surface area contributed by atoms with E-state index in [0.717, 1.165) is 32.0 Å². The van der Waals surface area contributed by atoms with Crippen molar-refractivity contribution in [1.29, 1.82) is 0 Å². The Balaban J connectivity index is 1.51. The topological polar surface area (TPSA) is 281 Å². The lowest BCUT2D eigenvalue weighted by Crippen LogP contribution is -2.60. The zero-order valence-corrected chi connectivity index (χ0v) is 25.9. The van der Waals surface area contributed by atoms with E-state index in [9.17, 15) is 55.5 Å². The molecule has 0 saturated carbocycles. The predicted octanol–water partition coefficient (Wildman–Crippen LogP) is -1.59. The molecule has 0 radical (unpaired) electrons. The van der Waals surface area contributed by atoms with E-state index in [-0.39, 0.29) is 28.4 Å². The molecule has 268 valence electrons. The standard InChI is InChI=1S/C31H36O18/c1-11(32)43-9-21-23(37)25(39)27(41)30(48-21)46-19-7-14(34)6-18-15(19)8-20(29(45-18)13-3-4-16(35)17(36)5-13)47-31-28(42)26(40)24(38)22(49-31)10-44-12(2)33/h3-8,21-31,34-42H,9-10H2,1-2H3/t21-,22-,23-,24-,25+,26-,27+,28-,29?,30-,31-/m1/s1. The van der Waals surface area contributed by atoms with Gasteiger partial charge in [-0.15, -0.1) is 0 Å². The average Bonchev–Trinajstić information content (AvgIpc) is 3.05. The van der Waals surface area contributed by atoms with E-state index in [2.05, 4.69) is 0 Å². The van der Waals surface area contributed by atoms with E-state index in [1.165, 1.54) is 18.2 Å². The number of carbonyl (C=O) groups is 2. The van der Waals surface area contributed by atoms with Crippen molar-refractivity contribution in [3.05, 3.63) is 47.2 Å². The van der Waals surface area contributed by atoms with Gasteiger partial charge in [0.15, 0.2) is 17.6 Å². The lowest BCUT2D eigenvalue weighted by Gasteiger charge is -2.41. The molecule has 2 saturated heterocycles. The molecule has 3 aliphatic heterocycles. The molecule has 2 aromatic rings. The van der Waals surface area contributed by atoms with Crippen molar-refractivity contribution in [2.24, 2.45) is 0 Å². The van der Waals surface area contributed by atoms with Crippen LogP contribution in [-0.4, -0.2) is 133 Å². The monoisotopic (exact) mass is 696 g/mol. The summed E-state index contributed by atoms with van der Waals surface area (Å²) in [6.45, 7) is 1.23. The van der Waals surface area contributed by atoms with Gasteiger partial charge in [0.25, 0.3) is 0 Å². The van der Waals surface area contributed by atoms with Gasteiger partial charge >= 0.3 is 11.9 Å². The molecule has 1 unspecified atom stereocenters. The fourth-order valence-electron chi connectivity index (χ4n) is 5.32. The highest BCUT2D eigenvalue weighted by Gasteiger charge is 2.48. The minimum atomic E-state index is -1.86. The Morgan fingerprint density at radius 1 is 0.694 bits per heavy atom. The largest absolute Gasteiger partial charge is 0.508 e. The lowest BCUT2D eigenvalue weighted by molar-refractivity contribution is -0.294. The summed E-state index contributed by atoms with van der Waals surface area (Å²) in [5, 5.41) is 93.8. The van der Waals surface area contributed by atoms with Crippen LogP contribution < -0.4 is 9.47 Å². The van der Waals surface area contributed by atoms with Crippen molar-refractivity contribution < 1.29 is 88.7 Å². The van der Waals surface area contributed by atoms with E-state index in [0.29, 0.717) is 0 Å². The number of hydrogen-bond acceptors (Lipinski definition) is 18. The number of ether oxygens (including phenoxy) is 7. The highest BCUT2D eigenvalue weighted by atomic mass is 16.7. The second kappa shape index (κ2) is 14.6. The Labute approximate surface area is 277 Å². The number of phenolic OH excluding ortho intramolecular Hbond substituents is 3. The maximum atomic E-state index is 11.4. The second-order valence-electron chi connectivity index (χ2n) is 11.5. The normalized spacial score (nSPS) is 32.6. The Morgan fingerprint density at radius 2 is 1.24 bits per heavy atom. The van der Waals surface area contributed by atoms with Crippen molar-refractivity contribution in [2.45, 2.75) is 81.4 Å². The molecule has 3 heterocycles. The molecule has 18 heteroatoms. The molecule has 0 aliphatic carbocycles. The van der Waals surface area contributed by atoms with Gasteiger partial charge < -0.3 is 79.1 Å². The molecule has 5 rings (SSSR count). The first-order valence-electron chi connectivity index (χ1n) is 14.9. The van der Waals surface area contributed by atoms with Crippen LogP contribution in [0.3, 0.4) is 0 Å². The first kappa shape index (κ1) is 35.9. The van der Waals surface area contributed by atoms with Gasteiger partial charge in [0.1, 0.15) is 85.1 Å². The average molecular weight is 697 g/mol. The molecule has 0 spiro atoms. The van der Waals surface area contributed by atoms with E-state index in [4.69, 9.17) is 33.2 Å². The van der Waals surface area contributed by atoms with Crippen molar-refractivity contribution in [3.63, 3.8) is 0 Å². The molecule has 11 atom stereocenters. The fraction of sp³-hybridized carbons (Fsp3) is 0.484. The molecule has 2 aromatic carbocycles. The number of fused-ring (bicyclic) bond motifs is 1. The van der Waals surface area contributed by atoms with Crippen LogP contribution in [0.25, 0.3) is 6.08 Å². The van der Waals surface area contributed by atoms with E-state index < -0.39 is 110 Å². The van der Waals surface area contributed by atoms with Crippen molar-refractivity contribution in [2.75, 3.05) is 13.2 Å². The number of aromatic hydroxyl groups is 3. The number of aliphatic hydroxyl groups is 6. The summed E-state index contributed by atoms with van der Waals surface area (Å²) in [4.78, 5) is 22.7. The number of aliphatic hydroxyl groups excluding tert-OH is 6. The van der Waals surface area contributed by atoms with Gasteiger partial charge in [0.2, 0.25) is 12.6 Å². The number of rotatable bonds is 9. The Hall–Kier alpha value is -4.40. The van der Waals surface area contributed by atoms with Crippen LogP contribution >= 0.6 is 0 Å². The lowest BCUT2D eigenvalue weighted by atomic mass is 9.98. The Bertz CT molecular complexity index is 1560. The third-order valence-corrected chi connectivity index (χ3v) is 7.92. The third-order valence-electron chi connectivity index (χ3n) is 7.92. The van der Waals surface area contributed by atoms with Crippen LogP contribution in [0, 0.1) is 0 Å².